The van der Waals surface area contributed by atoms with E-state index in [-0.39, 0.29) is 12.0 Å². The largest absolute Gasteiger partial charge is 0.448 e. The van der Waals surface area contributed by atoms with Gasteiger partial charge in [-0.2, -0.15) is 0 Å². The zero-order chi connectivity index (χ0) is 20.2. The minimum atomic E-state index is -0.282. The van der Waals surface area contributed by atoms with E-state index in [0.717, 1.165) is 40.8 Å². The first-order valence-corrected chi connectivity index (χ1v) is 10.6. The molecule has 1 aromatic carbocycles. The summed E-state index contributed by atoms with van der Waals surface area (Å²) in [6.45, 7) is 4.88. The van der Waals surface area contributed by atoms with Crippen molar-refractivity contribution in [2.75, 3.05) is 31.6 Å². The van der Waals surface area contributed by atoms with Gasteiger partial charge in [-0.15, -0.1) is 0 Å². The highest BCUT2D eigenvalue weighted by Gasteiger charge is 2.44. The SMILES string of the molecule is O=C1Nc2ccc(CN3CCOC3=O)cc2C1=Cc1c[nH]c(CN2CC3C[C@@H]3C2)c1. The number of piperidine rings is 1. The molecule has 2 saturated heterocycles. The Morgan fingerprint density at radius 2 is 2.00 bits per heavy atom. The standard InChI is InChI=1S/C23H24N4O3/c28-22-20(7-15-5-18(24-9-15)13-26-11-16-8-17(16)12-26)19-6-14(1-2-21(19)25-22)10-27-3-4-30-23(27)29/h1-2,5-7,9,16-17,24H,3-4,8,10-13H2,(H,25,28)/t16-,17?/m1/s1. The molecule has 2 aromatic rings. The van der Waals surface area contributed by atoms with Crippen LogP contribution in [0.25, 0.3) is 11.6 Å². The van der Waals surface area contributed by atoms with Crippen molar-refractivity contribution in [3.05, 3.63) is 52.8 Å². The Kier molecular flexibility index (Phi) is 3.99. The number of aromatic nitrogens is 1. The zero-order valence-corrected chi connectivity index (χ0v) is 16.7. The van der Waals surface area contributed by atoms with Crippen LogP contribution in [-0.2, 0) is 22.6 Å². The van der Waals surface area contributed by atoms with Crippen molar-refractivity contribution in [2.45, 2.75) is 19.5 Å². The first-order chi connectivity index (χ1) is 14.6. The topological polar surface area (TPSA) is 77.7 Å². The van der Waals surface area contributed by atoms with Crippen LogP contribution in [0, 0.1) is 11.8 Å². The highest BCUT2D eigenvalue weighted by Crippen LogP contribution is 2.45. The van der Waals surface area contributed by atoms with Gasteiger partial charge in [0.05, 0.1) is 6.54 Å². The number of hydrogen-bond donors (Lipinski definition) is 2. The van der Waals surface area contributed by atoms with Crippen LogP contribution in [0.15, 0.2) is 30.5 Å². The summed E-state index contributed by atoms with van der Waals surface area (Å²) in [5.41, 5.74) is 5.52. The molecule has 0 radical (unpaired) electrons. The van der Waals surface area contributed by atoms with E-state index < -0.39 is 0 Å². The van der Waals surface area contributed by atoms with E-state index in [2.05, 4.69) is 21.3 Å². The van der Waals surface area contributed by atoms with Crippen molar-refractivity contribution in [1.82, 2.24) is 14.8 Å². The molecule has 3 fully saturated rings. The Labute approximate surface area is 174 Å². The molecule has 2 N–H and O–H groups in total. The van der Waals surface area contributed by atoms with E-state index in [0.29, 0.717) is 25.3 Å². The minimum absolute atomic E-state index is 0.0925. The number of nitrogens with zero attached hydrogens (tertiary/aromatic N) is 2. The lowest BCUT2D eigenvalue weighted by Crippen LogP contribution is -2.23. The molecule has 0 spiro atoms. The van der Waals surface area contributed by atoms with Gasteiger partial charge in [-0.05, 0) is 53.7 Å². The number of anilines is 1. The predicted octanol–water partition coefficient (Wildman–Crippen LogP) is 2.91. The molecule has 1 aliphatic carbocycles. The van der Waals surface area contributed by atoms with Gasteiger partial charge in [-0.1, -0.05) is 6.07 Å². The summed E-state index contributed by atoms with van der Waals surface area (Å²) in [5.74, 6) is 1.76. The number of benzene rings is 1. The number of carbonyl (C=O) groups excluding carboxylic acids is 2. The predicted molar refractivity (Wildman–Crippen MR) is 112 cm³/mol. The van der Waals surface area contributed by atoms with Gasteiger partial charge in [-0.25, -0.2) is 4.79 Å². The van der Waals surface area contributed by atoms with E-state index in [1.165, 1.54) is 25.2 Å². The summed E-state index contributed by atoms with van der Waals surface area (Å²) < 4.78 is 5.01. The number of aromatic amines is 1. The lowest BCUT2D eigenvalue weighted by atomic mass is 10.0. The van der Waals surface area contributed by atoms with Crippen LogP contribution in [0.3, 0.4) is 0 Å². The van der Waals surface area contributed by atoms with Crippen LogP contribution in [0.4, 0.5) is 10.5 Å². The molecule has 4 aliphatic rings. The third kappa shape index (κ3) is 3.19. The molecule has 7 nitrogen and oxygen atoms in total. The van der Waals surface area contributed by atoms with Gasteiger partial charge in [0.25, 0.3) is 5.91 Å². The molecule has 2 amide bonds. The maximum absolute atomic E-state index is 12.6. The number of carbonyl (C=O) groups is 2. The van der Waals surface area contributed by atoms with Gasteiger partial charge in [0.15, 0.2) is 0 Å². The molecule has 0 bridgehead atoms. The number of cyclic esters (lactones) is 1. The summed E-state index contributed by atoms with van der Waals surface area (Å²) in [4.78, 5) is 31.9. The smallest absolute Gasteiger partial charge is 0.410 e. The highest BCUT2D eigenvalue weighted by molar-refractivity contribution is 6.34. The van der Waals surface area contributed by atoms with Crippen LogP contribution in [-0.4, -0.2) is 53.0 Å². The number of fused-ring (bicyclic) bond motifs is 2. The summed E-state index contributed by atoms with van der Waals surface area (Å²) >= 11 is 0. The van der Waals surface area contributed by atoms with Gasteiger partial charge in [0, 0.05) is 54.9 Å². The summed E-state index contributed by atoms with van der Waals surface area (Å²) in [6, 6.07) is 7.98. The first kappa shape index (κ1) is 17.8. The van der Waals surface area contributed by atoms with Crippen LogP contribution in [0.1, 0.15) is 28.8 Å². The lowest BCUT2D eigenvalue weighted by molar-refractivity contribution is -0.110. The molecule has 1 unspecified atom stereocenters. The number of ether oxygens (including phenoxy) is 1. The third-order valence-electron chi connectivity index (χ3n) is 6.61. The molecular weight excluding hydrogens is 380 g/mol. The molecular formula is C23H24N4O3. The van der Waals surface area contributed by atoms with E-state index in [9.17, 15) is 9.59 Å². The molecule has 154 valence electrons. The Morgan fingerprint density at radius 1 is 1.13 bits per heavy atom. The van der Waals surface area contributed by atoms with Crippen molar-refractivity contribution in [3.8, 4) is 0 Å². The van der Waals surface area contributed by atoms with E-state index >= 15 is 0 Å². The Balaban J connectivity index is 1.21. The van der Waals surface area contributed by atoms with E-state index in [4.69, 9.17) is 4.74 Å². The van der Waals surface area contributed by atoms with Crippen molar-refractivity contribution in [1.29, 1.82) is 0 Å². The Bertz CT molecular complexity index is 1060. The lowest BCUT2D eigenvalue weighted by Gasteiger charge is -2.15. The molecule has 2 atom stereocenters. The molecule has 3 aliphatic heterocycles. The third-order valence-corrected chi connectivity index (χ3v) is 6.61. The average molecular weight is 404 g/mol. The maximum atomic E-state index is 12.6. The molecule has 1 aromatic heterocycles. The second-order valence-electron chi connectivity index (χ2n) is 8.84. The minimum Gasteiger partial charge on any atom is -0.448 e. The van der Waals surface area contributed by atoms with Crippen molar-refractivity contribution >= 4 is 29.3 Å². The quantitative estimate of drug-likeness (QED) is 0.752. The van der Waals surface area contributed by atoms with Crippen molar-refractivity contribution in [2.24, 2.45) is 11.8 Å². The van der Waals surface area contributed by atoms with E-state index in [1.54, 1.807) is 4.90 Å². The number of hydrogen-bond acceptors (Lipinski definition) is 4. The normalized spacial score (nSPS) is 26.1. The summed E-state index contributed by atoms with van der Waals surface area (Å²) in [7, 11) is 0. The molecule has 4 heterocycles. The van der Waals surface area contributed by atoms with Crippen LogP contribution in [0.5, 0.6) is 0 Å². The second-order valence-corrected chi connectivity index (χ2v) is 8.84. The van der Waals surface area contributed by atoms with Gasteiger partial charge in [0.2, 0.25) is 0 Å². The van der Waals surface area contributed by atoms with E-state index in [1.807, 2.05) is 30.5 Å². The van der Waals surface area contributed by atoms with Crippen LogP contribution < -0.4 is 5.32 Å². The number of amides is 2. The molecule has 6 rings (SSSR count). The molecule has 1 saturated carbocycles. The van der Waals surface area contributed by atoms with Gasteiger partial charge in [-0.3, -0.25) is 9.69 Å². The maximum Gasteiger partial charge on any atom is 0.410 e. The Hall–Kier alpha value is -3.06. The fourth-order valence-corrected chi connectivity index (χ4v) is 4.93. The van der Waals surface area contributed by atoms with Gasteiger partial charge < -0.3 is 19.9 Å². The first-order valence-electron chi connectivity index (χ1n) is 10.6. The number of H-pyrrole nitrogens is 1. The summed E-state index contributed by atoms with van der Waals surface area (Å²) in [5, 5.41) is 2.94. The molecule has 30 heavy (non-hydrogen) atoms. The highest BCUT2D eigenvalue weighted by atomic mass is 16.6. The van der Waals surface area contributed by atoms with Crippen molar-refractivity contribution in [3.63, 3.8) is 0 Å². The Morgan fingerprint density at radius 3 is 2.80 bits per heavy atom. The number of nitrogens with one attached hydrogen (secondary N) is 2. The average Bonchev–Trinajstić information content (AvgIpc) is 3.13. The number of rotatable bonds is 5. The van der Waals surface area contributed by atoms with Crippen LogP contribution >= 0.6 is 0 Å². The van der Waals surface area contributed by atoms with Gasteiger partial charge in [0.1, 0.15) is 6.61 Å². The van der Waals surface area contributed by atoms with Crippen molar-refractivity contribution < 1.29 is 14.3 Å². The number of likely N-dealkylation sites (tertiary alicyclic amines) is 1. The van der Waals surface area contributed by atoms with Gasteiger partial charge >= 0.3 is 6.09 Å². The second kappa shape index (κ2) is 6.74. The summed E-state index contributed by atoms with van der Waals surface area (Å²) in [6.07, 6.45) is 5.04. The zero-order valence-electron chi connectivity index (χ0n) is 16.7. The van der Waals surface area contributed by atoms with Crippen LogP contribution in [0.2, 0.25) is 0 Å². The fraction of sp³-hybridized carbons (Fsp3) is 0.391. The molecule has 7 heteroatoms. The fourth-order valence-electron chi connectivity index (χ4n) is 4.93. The monoisotopic (exact) mass is 404 g/mol.